The number of aryl methyl sites for hydroxylation is 1. The van der Waals surface area contributed by atoms with Gasteiger partial charge in [-0.1, -0.05) is 62.7 Å². The Hall–Kier alpha value is -1.84. The molecule has 0 saturated heterocycles. The predicted octanol–water partition coefficient (Wildman–Crippen LogP) is 4.74. The fourth-order valence-electron chi connectivity index (χ4n) is 2.35. The summed E-state index contributed by atoms with van der Waals surface area (Å²) in [4.78, 5) is 4.38. The van der Waals surface area contributed by atoms with E-state index in [2.05, 4.69) is 17.1 Å². The molecule has 114 valence electrons. The number of rotatable bonds is 9. The van der Waals surface area contributed by atoms with Gasteiger partial charge in [0.25, 0.3) is 0 Å². The maximum atomic E-state index is 9.46. The van der Waals surface area contributed by atoms with Gasteiger partial charge in [-0.05, 0) is 18.6 Å². The summed E-state index contributed by atoms with van der Waals surface area (Å²) in [5.41, 5.74) is 0.782. The monoisotopic (exact) mass is 288 g/mol. The van der Waals surface area contributed by atoms with Crippen LogP contribution in [0.1, 0.15) is 57.8 Å². The van der Waals surface area contributed by atoms with Crippen molar-refractivity contribution in [2.75, 3.05) is 0 Å². The van der Waals surface area contributed by atoms with Crippen LogP contribution in [0.4, 0.5) is 0 Å². The Labute approximate surface area is 126 Å². The fourth-order valence-corrected chi connectivity index (χ4v) is 2.35. The summed E-state index contributed by atoms with van der Waals surface area (Å²) in [7, 11) is 0. The summed E-state index contributed by atoms with van der Waals surface area (Å²) in [6, 6.07) is 6.91. The summed E-state index contributed by atoms with van der Waals surface area (Å²) < 4.78 is 5.26. The van der Waals surface area contributed by atoms with Gasteiger partial charge >= 0.3 is 0 Å². The molecule has 4 nitrogen and oxygen atoms in total. The van der Waals surface area contributed by atoms with Crippen molar-refractivity contribution in [2.45, 2.75) is 58.3 Å². The maximum Gasteiger partial charge on any atom is 0.226 e. The Bertz CT molecular complexity index is 537. The number of nitrogens with zero attached hydrogens (tertiary/aromatic N) is 2. The van der Waals surface area contributed by atoms with Gasteiger partial charge in [0, 0.05) is 12.0 Å². The van der Waals surface area contributed by atoms with Gasteiger partial charge in [0.05, 0.1) is 0 Å². The van der Waals surface area contributed by atoms with Crippen molar-refractivity contribution in [1.29, 1.82) is 0 Å². The topological polar surface area (TPSA) is 59.2 Å². The first-order valence-corrected chi connectivity index (χ1v) is 7.91. The molecule has 1 heterocycles. The summed E-state index contributed by atoms with van der Waals surface area (Å²) in [5, 5.41) is 13.4. The molecular formula is C17H24N2O2. The lowest BCUT2D eigenvalue weighted by molar-refractivity contribution is 0.373. The van der Waals surface area contributed by atoms with E-state index in [1.807, 2.05) is 6.07 Å². The quantitative estimate of drug-likeness (QED) is 0.677. The van der Waals surface area contributed by atoms with E-state index in [-0.39, 0.29) is 5.75 Å². The smallest absolute Gasteiger partial charge is 0.226 e. The summed E-state index contributed by atoms with van der Waals surface area (Å²) >= 11 is 0. The molecule has 4 heteroatoms. The van der Waals surface area contributed by atoms with Crippen molar-refractivity contribution < 1.29 is 9.63 Å². The molecule has 21 heavy (non-hydrogen) atoms. The molecule has 1 aromatic heterocycles. The van der Waals surface area contributed by atoms with Crippen molar-refractivity contribution in [3.05, 3.63) is 30.2 Å². The van der Waals surface area contributed by atoms with Crippen LogP contribution in [0.25, 0.3) is 11.4 Å². The minimum absolute atomic E-state index is 0.214. The van der Waals surface area contributed by atoms with E-state index in [0.717, 1.165) is 18.4 Å². The number of aromatic nitrogens is 2. The molecule has 2 rings (SSSR count). The molecule has 0 bridgehead atoms. The molecule has 1 aromatic carbocycles. The zero-order valence-electron chi connectivity index (χ0n) is 12.7. The second kappa shape index (κ2) is 8.45. The average molecular weight is 288 g/mol. The van der Waals surface area contributed by atoms with Crippen LogP contribution in [0.15, 0.2) is 28.8 Å². The number of phenols is 1. The van der Waals surface area contributed by atoms with E-state index in [0.29, 0.717) is 11.7 Å². The number of phenolic OH excluding ortho intramolecular Hbond substituents is 1. The molecule has 0 aliphatic rings. The highest BCUT2D eigenvalue weighted by molar-refractivity contribution is 5.56. The highest BCUT2D eigenvalue weighted by Crippen LogP contribution is 2.20. The number of unbranched alkanes of at least 4 members (excludes halogenated alkanes) is 6. The third-order valence-corrected chi connectivity index (χ3v) is 3.57. The summed E-state index contributed by atoms with van der Waals surface area (Å²) in [6.07, 6.45) is 9.73. The van der Waals surface area contributed by atoms with Crippen LogP contribution in [0.3, 0.4) is 0 Å². The molecule has 0 amide bonds. The van der Waals surface area contributed by atoms with Gasteiger partial charge in [0.2, 0.25) is 11.7 Å². The van der Waals surface area contributed by atoms with Crippen molar-refractivity contribution >= 4 is 0 Å². The largest absolute Gasteiger partial charge is 0.508 e. The SMILES string of the molecule is CCCCCCCCCc1nc(-c2cccc(O)c2)no1. The average Bonchev–Trinajstić information content (AvgIpc) is 2.95. The first-order valence-electron chi connectivity index (χ1n) is 7.91. The van der Waals surface area contributed by atoms with Crippen LogP contribution in [-0.2, 0) is 6.42 Å². The van der Waals surface area contributed by atoms with E-state index in [1.54, 1.807) is 18.2 Å². The Morgan fingerprint density at radius 2 is 1.81 bits per heavy atom. The lowest BCUT2D eigenvalue weighted by Gasteiger charge is -1.98. The fraction of sp³-hybridized carbons (Fsp3) is 0.529. The molecule has 2 aromatic rings. The van der Waals surface area contributed by atoms with Crippen molar-refractivity contribution in [1.82, 2.24) is 10.1 Å². The zero-order chi connectivity index (χ0) is 14.9. The van der Waals surface area contributed by atoms with Gasteiger partial charge in [-0.2, -0.15) is 4.98 Å². The van der Waals surface area contributed by atoms with Crippen LogP contribution in [0.2, 0.25) is 0 Å². The number of aromatic hydroxyl groups is 1. The molecule has 0 aliphatic carbocycles. The van der Waals surface area contributed by atoms with Crippen molar-refractivity contribution in [3.8, 4) is 17.1 Å². The Kier molecular flexibility index (Phi) is 6.25. The van der Waals surface area contributed by atoms with Gasteiger partial charge in [0.15, 0.2) is 0 Å². The predicted molar refractivity (Wildman–Crippen MR) is 83.1 cm³/mol. The molecule has 0 aliphatic heterocycles. The van der Waals surface area contributed by atoms with E-state index in [1.165, 1.54) is 38.5 Å². The zero-order valence-corrected chi connectivity index (χ0v) is 12.7. The number of hydrogen-bond acceptors (Lipinski definition) is 4. The van der Waals surface area contributed by atoms with Crippen LogP contribution < -0.4 is 0 Å². The third-order valence-electron chi connectivity index (χ3n) is 3.57. The molecule has 0 spiro atoms. The highest BCUT2D eigenvalue weighted by Gasteiger charge is 2.08. The third kappa shape index (κ3) is 5.21. The minimum atomic E-state index is 0.214. The van der Waals surface area contributed by atoms with Crippen LogP contribution >= 0.6 is 0 Å². The second-order valence-electron chi connectivity index (χ2n) is 5.43. The maximum absolute atomic E-state index is 9.46. The van der Waals surface area contributed by atoms with E-state index < -0.39 is 0 Å². The van der Waals surface area contributed by atoms with Gasteiger partial charge in [-0.15, -0.1) is 0 Å². The first kappa shape index (κ1) is 15.5. The standard InChI is InChI=1S/C17H24N2O2/c1-2-3-4-5-6-7-8-12-16-18-17(19-21-16)14-10-9-11-15(20)13-14/h9-11,13,20H,2-8,12H2,1H3. The van der Waals surface area contributed by atoms with Crippen molar-refractivity contribution in [2.24, 2.45) is 0 Å². The van der Waals surface area contributed by atoms with Crippen LogP contribution in [0, 0.1) is 0 Å². The molecule has 1 N–H and O–H groups in total. The van der Waals surface area contributed by atoms with Gasteiger partial charge in [-0.25, -0.2) is 0 Å². The molecule has 0 fully saturated rings. The normalized spacial score (nSPS) is 10.9. The summed E-state index contributed by atoms with van der Waals surface area (Å²) in [5.74, 6) is 1.44. The Balaban J connectivity index is 1.73. The molecule has 0 unspecified atom stereocenters. The molecule has 0 radical (unpaired) electrons. The van der Waals surface area contributed by atoms with Gasteiger partial charge in [-0.3, -0.25) is 0 Å². The Morgan fingerprint density at radius 3 is 2.57 bits per heavy atom. The van der Waals surface area contributed by atoms with Gasteiger partial charge < -0.3 is 9.63 Å². The molecule has 0 atom stereocenters. The lowest BCUT2D eigenvalue weighted by atomic mass is 10.1. The summed E-state index contributed by atoms with van der Waals surface area (Å²) in [6.45, 7) is 2.24. The first-order chi connectivity index (χ1) is 10.3. The minimum Gasteiger partial charge on any atom is -0.508 e. The van der Waals surface area contributed by atoms with Gasteiger partial charge in [0.1, 0.15) is 5.75 Å². The number of benzene rings is 1. The Morgan fingerprint density at radius 1 is 1.05 bits per heavy atom. The molecular weight excluding hydrogens is 264 g/mol. The van der Waals surface area contributed by atoms with E-state index in [4.69, 9.17) is 4.52 Å². The van der Waals surface area contributed by atoms with E-state index in [9.17, 15) is 5.11 Å². The molecule has 0 saturated carbocycles. The van der Waals surface area contributed by atoms with E-state index >= 15 is 0 Å². The van der Waals surface area contributed by atoms with Crippen molar-refractivity contribution in [3.63, 3.8) is 0 Å². The number of hydrogen-bond donors (Lipinski definition) is 1. The van der Waals surface area contributed by atoms with Crippen LogP contribution in [0.5, 0.6) is 5.75 Å². The van der Waals surface area contributed by atoms with Crippen LogP contribution in [-0.4, -0.2) is 15.2 Å². The highest BCUT2D eigenvalue weighted by atomic mass is 16.5. The second-order valence-corrected chi connectivity index (χ2v) is 5.43. The lowest BCUT2D eigenvalue weighted by Crippen LogP contribution is -1.87.